The zero-order chi connectivity index (χ0) is 15.5. The van der Waals surface area contributed by atoms with Gasteiger partial charge in [-0.25, -0.2) is 4.39 Å². The summed E-state index contributed by atoms with van der Waals surface area (Å²) in [5, 5.41) is 6.52. The number of aromatic nitrogens is 3. The van der Waals surface area contributed by atoms with Gasteiger partial charge in [0.25, 0.3) is 5.91 Å². The van der Waals surface area contributed by atoms with Crippen LogP contribution in [0.1, 0.15) is 22.2 Å². The van der Waals surface area contributed by atoms with Gasteiger partial charge < -0.3 is 14.4 Å². The summed E-state index contributed by atoms with van der Waals surface area (Å²) in [5.41, 5.74) is 0.973. The summed E-state index contributed by atoms with van der Waals surface area (Å²) in [6.45, 7) is 2.03. The van der Waals surface area contributed by atoms with Gasteiger partial charge in [0.2, 0.25) is 5.89 Å². The first-order valence-corrected chi connectivity index (χ1v) is 6.63. The molecule has 112 valence electrons. The predicted molar refractivity (Wildman–Crippen MR) is 76.9 cm³/mol. The maximum absolute atomic E-state index is 12.9. The van der Waals surface area contributed by atoms with Crippen LogP contribution in [0.3, 0.4) is 0 Å². The Balaban J connectivity index is 1.76. The van der Waals surface area contributed by atoms with E-state index in [1.807, 2.05) is 0 Å². The summed E-state index contributed by atoms with van der Waals surface area (Å²) in [4.78, 5) is 16.4. The number of hydrogen-bond donors (Lipinski definition) is 1. The van der Waals surface area contributed by atoms with Crippen LogP contribution in [0.4, 0.5) is 10.1 Å². The molecule has 3 aromatic rings. The highest BCUT2D eigenvalue weighted by atomic mass is 19.1. The third kappa shape index (κ3) is 3.03. The zero-order valence-corrected chi connectivity index (χ0v) is 11.8. The number of anilines is 1. The van der Waals surface area contributed by atoms with Crippen LogP contribution in [-0.4, -0.2) is 20.6 Å². The van der Waals surface area contributed by atoms with Gasteiger partial charge in [-0.2, -0.15) is 4.98 Å². The van der Waals surface area contributed by atoms with Crippen molar-refractivity contribution in [1.82, 2.24) is 14.7 Å². The molecule has 0 bridgehead atoms. The quantitative estimate of drug-likeness (QED) is 0.804. The van der Waals surface area contributed by atoms with E-state index < -0.39 is 0 Å². The highest BCUT2D eigenvalue weighted by Crippen LogP contribution is 2.12. The van der Waals surface area contributed by atoms with E-state index in [9.17, 15) is 9.18 Å². The van der Waals surface area contributed by atoms with Gasteiger partial charge in [0.05, 0.1) is 6.54 Å². The molecule has 0 unspecified atom stereocenters. The first-order chi connectivity index (χ1) is 10.6. The number of carbonyl (C=O) groups is 1. The zero-order valence-electron chi connectivity index (χ0n) is 11.8. The second-order valence-corrected chi connectivity index (χ2v) is 4.71. The number of hydrogen-bond acceptors (Lipinski definition) is 4. The fourth-order valence-corrected chi connectivity index (χ4v) is 2.04. The van der Waals surface area contributed by atoms with Crippen LogP contribution in [-0.2, 0) is 6.54 Å². The van der Waals surface area contributed by atoms with Crippen LogP contribution in [0.15, 0.2) is 47.1 Å². The highest BCUT2D eigenvalue weighted by Gasteiger charge is 2.13. The first-order valence-electron chi connectivity index (χ1n) is 6.63. The fourth-order valence-electron chi connectivity index (χ4n) is 2.04. The summed E-state index contributed by atoms with van der Waals surface area (Å²) in [7, 11) is 0. The topological polar surface area (TPSA) is 73.0 Å². The molecule has 0 aliphatic carbocycles. The van der Waals surface area contributed by atoms with Crippen molar-refractivity contribution in [2.45, 2.75) is 13.5 Å². The first kappa shape index (κ1) is 14.0. The van der Waals surface area contributed by atoms with Gasteiger partial charge in [0.15, 0.2) is 5.82 Å². The van der Waals surface area contributed by atoms with Crippen molar-refractivity contribution in [1.29, 1.82) is 0 Å². The van der Waals surface area contributed by atoms with Gasteiger partial charge in [-0.1, -0.05) is 5.16 Å². The largest absolute Gasteiger partial charge is 0.340 e. The lowest BCUT2D eigenvalue weighted by molar-refractivity contribution is 0.101. The monoisotopic (exact) mass is 300 g/mol. The van der Waals surface area contributed by atoms with Crippen LogP contribution >= 0.6 is 0 Å². The summed E-state index contributed by atoms with van der Waals surface area (Å²) in [5.74, 6) is 0.315. The van der Waals surface area contributed by atoms with Crippen molar-refractivity contribution in [2.75, 3.05) is 5.32 Å². The molecule has 0 saturated carbocycles. The smallest absolute Gasteiger partial charge is 0.272 e. The third-order valence-corrected chi connectivity index (χ3v) is 3.05. The summed E-state index contributed by atoms with van der Waals surface area (Å²) in [6, 6.07) is 9.03. The molecule has 0 saturated heterocycles. The van der Waals surface area contributed by atoms with E-state index in [0.29, 0.717) is 29.6 Å². The van der Waals surface area contributed by atoms with Crippen molar-refractivity contribution in [3.63, 3.8) is 0 Å². The molecule has 2 heterocycles. The van der Waals surface area contributed by atoms with Crippen LogP contribution in [0.5, 0.6) is 0 Å². The fraction of sp³-hybridized carbons (Fsp3) is 0.133. The van der Waals surface area contributed by atoms with Crippen LogP contribution < -0.4 is 5.32 Å². The number of nitrogens with one attached hydrogen (secondary N) is 1. The second-order valence-electron chi connectivity index (χ2n) is 4.71. The number of halogens is 1. The van der Waals surface area contributed by atoms with Crippen LogP contribution in [0, 0.1) is 12.7 Å². The molecule has 0 fully saturated rings. The maximum atomic E-state index is 12.9. The minimum Gasteiger partial charge on any atom is -0.340 e. The Morgan fingerprint density at radius 3 is 2.77 bits per heavy atom. The summed E-state index contributed by atoms with van der Waals surface area (Å²) in [6.07, 6.45) is 1.76. The van der Waals surface area contributed by atoms with Gasteiger partial charge in [-0.05, 0) is 36.4 Å². The number of aryl methyl sites for hydroxylation is 1. The average Bonchev–Trinajstić information content (AvgIpc) is 3.11. The number of amides is 1. The molecule has 1 N–H and O–H groups in total. The number of benzene rings is 1. The van der Waals surface area contributed by atoms with Crippen molar-refractivity contribution < 1.29 is 13.7 Å². The van der Waals surface area contributed by atoms with Gasteiger partial charge in [0, 0.05) is 18.8 Å². The Kier molecular flexibility index (Phi) is 3.69. The molecule has 0 aliphatic heterocycles. The van der Waals surface area contributed by atoms with E-state index in [-0.39, 0.29) is 11.7 Å². The van der Waals surface area contributed by atoms with Crippen LogP contribution in [0.25, 0.3) is 0 Å². The molecule has 2 aromatic heterocycles. The molecular weight excluding hydrogens is 287 g/mol. The lowest BCUT2D eigenvalue weighted by Crippen LogP contribution is -2.17. The summed E-state index contributed by atoms with van der Waals surface area (Å²) < 4.78 is 19.5. The molecule has 0 spiro atoms. The molecule has 1 aromatic carbocycles. The maximum Gasteiger partial charge on any atom is 0.272 e. The lowest BCUT2D eigenvalue weighted by atomic mass is 10.3. The predicted octanol–water partition coefficient (Wildman–Crippen LogP) is 2.62. The van der Waals surface area contributed by atoms with E-state index in [4.69, 9.17) is 4.52 Å². The SMILES string of the molecule is Cc1nc(Cn2cccc2C(=O)Nc2ccc(F)cc2)no1. The molecular formula is C15H13FN4O2. The molecule has 1 amide bonds. The Hall–Kier alpha value is -2.96. The Morgan fingerprint density at radius 2 is 2.09 bits per heavy atom. The van der Waals surface area contributed by atoms with Gasteiger partial charge in [-0.3, -0.25) is 4.79 Å². The van der Waals surface area contributed by atoms with E-state index in [1.165, 1.54) is 24.3 Å². The van der Waals surface area contributed by atoms with Crippen LogP contribution in [0.2, 0.25) is 0 Å². The highest BCUT2D eigenvalue weighted by molar-refractivity contribution is 6.03. The molecule has 0 atom stereocenters. The molecule has 0 radical (unpaired) electrons. The number of nitrogens with zero attached hydrogens (tertiary/aromatic N) is 3. The third-order valence-electron chi connectivity index (χ3n) is 3.05. The van der Waals surface area contributed by atoms with Gasteiger partial charge >= 0.3 is 0 Å². The standard InChI is InChI=1S/C15H13FN4O2/c1-10-17-14(19-22-10)9-20-8-2-3-13(20)15(21)18-12-6-4-11(16)5-7-12/h2-8H,9H2,1H3,(H,18,21). The number of rotatable bonds is 4. The molecule has 7 heteroatoms. The van der Waals surface area contributed by atoms with Gasteiger partial charge in [-0.15, -0.1) is 0 Å². The molecule has 22 heavy (non-hydrogen) atoms. The molecule has 3 rings (SSSR count). The Morgan fingerprint density at radius 1 is 1.32 bits per heavy atom. The van der Waals surface area contributed by atoms with Crippen molar-refractivity contribution in [3.8, 4) is 0 Å². The number of carbonyl (C=O) groups excluding carboxylic acids is 1. The normalized spacial score (nSPS) is 10.6. The average molecular weight is 300 g/mol. The van der Waals surface area contributed by atoms with E-state index in [0.717, 1.165) is 0 Å². The van der Waals surface area contributed by atoms with Gasteiger partial charge in [0.1, 0.15) is 11.5 Å². The van der Waals surface area contributed by atoms with Crippen molar-refractivity contribution in [3.05, 3.63) is 65.8 Å². The van der Waals surface area contributed by atoms with E-state index >= 15 is 0 Å². The second kappa shape index (κ2) is 5.80. The molecule has 6 nitrogen and oxygen atoms in total. The Labute approximate surface area is 125 Å². The van der Waals surface area contributed by atoms with Crippen molar-refractivity contribution in [2.24, 2.45) is 0 Å². The minimum absolute atomic E-state index is 0.295. The lowest BCUT2D eigenvalue weighted by Gasteiger charge is -2.08. The van der Waals surface area contributed by atoms with E-state index in [1.54, 1.807) is 29.8 Å². The molecule has 0 aliphatic rings. The van der Waals surface area contributed by atoms with Crippen molar-refractivity contribution >= 4 is 11.6 Å². The summed E-state index contributed by atoms with van der Waals surface area (Å²) >= 11 is 0. The minimum atomic E-state index is -0.353. The van der Waals surface area contributed by atoms with E-state index in [2.05, 4.69) is 15.5 Å². The Bertz CT molecular complexity index is 792.